The van der Waals surface area contributed by atoms with E-state index in [1.807, 2.05) is 0 Å². The molecule has 0 radical (unpaired) electrons. The average molecular weight is 236 g/mol. The molecule has 0 aromatic carbocycles. The molecule has 1 unspecified atom stereocenters. The zero-order chi connectivity index (χ0) is 12.1. The van der Waals surface area contributed by atoms with Gasteiger partial charge in [-0.2, -0.15) is 0 Å². The maximum Gasteiger partial charge on any atom is 0.251 e. The average Bonchev–Trinajstić information content (AvgIpc) is 2.40. The zero-order valence-electron chi connectivity index (χ0n) is 9.48. The summed E-state index contributed by atoms with van der Waals surface area (Å²) < 4.78 is 5.30. The van der Waals surface area contributed by atoms with Crippen LogP contribution in [0.2, 0.25) is 0 Å². The minimum absolute atomic E-state index is 0.0960. The molecule has 0 spiro atoms. The van der Waals surface area contributed by atoms with Crippen LogP contribution in [0.4, 0.5) is 5.82 Å². The fourth-order valence-electron chi connectivity index (χ4n) is 1.77. The summed E-state index contributed by atoms with van der Waals surface area (Å²) in [5, 5.41) is 2.93. The summed E-state index contributed by atoms with van der Waals surface area (Å²) in [4.78, 5) is 15.9. The van der Waals surface area contributed by atoms with Crippen LogP contribution in [0.15, 0.2) is 18.3 Å². The van der Waals surface area contributed by atoms with Gasteiger partial charge in [0.2, 0.25) is 0 Å². The molecule has 2 heterocycles. The van der Waals surface area contributed by atoms with Crippen LogP contribution in [-0.4, -0.2) is 30.1 Å². The summed E-state index contributed by atoms with van der Waals surface area (Å²) in [6, 6.07) is 3.36. The molecule has 2 rings (SSSR count). The van der Waals surface area contributed by atoms with Crippen molar-refractivity contribution in [2.75, 3.05) is 18.6 Å². The largest absolute Gasteiger partial charge is 0.379 e. The standard InChI is InChI=1S/C11H16N4O2/c12-15-10-6-8(3-4-13-10)11(16)14-9-2-1-5-17-7-9/h3-4,6,9H,1-2,5,7,12H2,(H,13,15)(H,14,16). The third kappa shape index (κ3) is 3.15. The highest BCUT2D eigenvalue weighted by atomic mass is 16.5. The lowest BCUT2D eigenvalue weighted by Gasteiger charge is -2.23. The first-order valence-electron chi connectivity index (χ1n) is 5.61. The molecule has 1 aliphatic heterocycles. The number of hydrogen-bond donors (Lipinski definition) is 3. The lowest BCUT2D eigenvalue weighted by molar-refractivity contribution is 0.0624. The fourth-order valence-corrected chi connectivity index (χ4v) is 1.77. The third-order valence-electron chi connectivity index (χ3n) is 2.67. The minimum atomic E-state index is -0.126. The van der Waals surface area contributed by atoms with Crippen molar-refractivity contribution in [1.29, 1.82) is 0 Å². The molecule has 0 bridgehead atoms. The molecule has 1 aliphatic rings. The van der Waals surface area contributed by atoms with E-state index in [4.69, 9.17) is 10.6 Å². The first kappa shape index (κ1) is 11.8. The van der Waals surface area contributed by atoms with Crippen LogP contribution in [0.5, 0.6) is 0 Å². The molecule has 0 aliphatic carbocycles. The lowest BCUT2D eigenvalue weighted by Crippen LogP contribution is -2.40. The molecule has 1 fully saturated rings. The maximum absolute atomic E-state index is 11.9. The quantitative estimate of drug-likeness (QED) is 0.518. The van der Waals surface area contributed by atoms with Gasteiger partial charge in [-0.15, -0.1) is 0 Å². The van der Waals surface area contributed by atoms with Gasteiger partial charge in [-0.1, -0.05) is 0 Å². The number of carbonyl (C=O) groups is 1. The number of amides is 1. The Morgan fingerprint density at radius 2 is 2.47 bits per heavy atom. The van der Waals surface area contributed by atoms with Gasteiger partial charge in [0, 0.05) is 18.4 Å². The van der Waals surface area contributed by atoms with Gasteiger partial charge in [0.25, 0.3) is 5.91 Å². The molecule has 1 atom stereocenters. The highest BCUT2D eigenvalue weighted by molar-refractivity contribution is 5.94. The molecule has 1 amide bonds. The van der Waals surface area contributed by atoms with Crippen molar-refractivity contribution in [3.63, 3.8) is 0 Å². The molecule has 6 heteroatoms. The second kappa shape index (κ2) is 5.60. The lowest BCUT2D eigenvalue weighted by atomic mass is 10.1. The van der Waals surface area contributed by atoms with E-state index in [2.05, 4.69) is 15.7 Å². The highest BCUT2D eigenvalue weighted by Crippen LogP contribution is 2.09. The first-order valence-corrected chi connectivity index (χ1v) is 5.61. The van der Waals surface area contributed by atoms with Crippen LogP contribution in [0.3, 0.4) is 0 Å². The summed E-state index contributed by atoms with van der Waals surface area (Å²) in [7, 11) is 0. The van der Waals surface area contributed by atoms with Gasteiger partial charge >= 0.3 is 0 Å². The van der Waals surface area contributed by atoms with E-state index >= 15 is 0 Å². The van der Waals surface area contributed by atoms with Crippen LogP contribution in [-0.2, 0) is 4.74 Å². The van der Waals surface area contributed by atoms with Gasteiger partial charge in [0.15, 0.2) is 0 Å². The number of anilines is 1. The van der Waals surface area contributed by atoms with Gasteiger partial charge in [-0.05, 0) is 25.0 Å². The van der Waals surface area contributed by atoms with Crippen LogP contribution < -0.4 is 16.6 Å². The maximum atomic E-state index is 11.9. The van der Waals surface area contributed by atoms with Crippen molar-refractivity contribution >= 4 is 11.7 Å². The number of hydrogen-bond acceptors (Lipinski definition) is 5. The smallest absolute Gasteiger partial charge is 0.251 e. The number of nitrogens with one attached hydrogen (secondary N) is 2. The number of ether oxygens (including phenoxy) is 1. The Morgan fingerprint density at radius 3 is 3.18 bits per heavy atom. The number of nitrogen functional groups attached to an aromatic ring is 1. The SMILES string of the molecule is NNc1cc(C(=O)NC2CCCOC2)ccn1. The normalized spacial score (nSPS) is 19.7. The van der Waals surface area contributed by atoms with E-state index in [1.54, 1.807) is 18.3 Å². The Morgan fingerprint density at radius 1 is 1.59 bits per heavy atom. The van der Waals surface area contributed by atoms with Gasteiger partial charge in [0.1, 0.15) is 5.82 Å². The van der Waals surface area contributed by atoms with E-state index in [1.165, 1.54) is 0 Å². The van der Waals surface area contributed by atoms with E-state index in [9.17, 15) is 4.79 Å². The molecule has 17 heavy (non-hydrogen) atoms. The number of nitrogens with two attached hydrogens (primary N) is 1. The monoisotopic (exact) mass is 236 g/mol. The molecule has 1 saturated heterocycles. The number of pyridine rings is 1. The van der Waals surface area contributed by atoms with E-state index < -0.39 is 0 Å². The number of rotatable bonds is 3. The van der Waals surface area contributed by atoms with Crippen molar-refractivity contribution in [2.45, 2.75) is 18.9 Å². The summed E-state index contributed by atoms with van der Waals surface area (Å²) in [6.45, 7) is 1.36. The highest BCUT2D eigenvalue weighted by Gasteiger charge is 2.17. The topological polar surface area (TPSA) is 89.3 Å². The molecule has 92 valence electrons. The summed E-state index contributed by atoms with van der Waals surface area (Å²) >= 11 is 0. The van der Waals surface area contributed by atoms with Gasteiger partial charge in [-0.3, -0.25) is 4.79 Å². The minimum Gasteiger partial charge on any atom is -0.379 e. The molecule has 0 saturated carbocycles. The Labute approximate surface area is 99.5 Å². The molecule has 1 aromatic heterocycles. The second-order valence-corrected chi connectivity index (χ2v) is 3.96. The van der Waals surface area contributed by atoms with Crippen molar-refractivity contribution in [1.82, 2.24) is 10.3 Å². The van der Waals surface area contributed by atoms with E-state index in [0.29, 0.717) is 18.0 Å². The Bertz CT molecular complexity index is 391. The van der Waals surface area contributed by atoms with Crippen molar-refractivity contribution in [3.8, 4) is 0 Å². The molecular formula is C11H16N4O2. The van der Waals surface area contributed by atoms with Crippen LogP contribution in [0, 0.1) is 0 Å². The Hall–Kier alpha value is -1.66. The number of aromatic nitrogens is 1. The van der Waals surface area contributed by atoms with E-state index in [0.717, 1.165) is 19.4 Å². The fraction of sp³-hybridized carbons (Fsp3) is 0.455. The number of carbonyl (C=O) groups excluding carboxylic acids is 1. The predicted molar refractivity (Wildman–Crippen MR) is 63.4 cm³/mol. The van der Waals surface area contributed by atoms with Crippen LogP contribution >= 0.6 is 0 Å². The summed E-state index contributed by atoms with van der Waals surface area (Å²) in [6.07, 6.45) is 3.48. The van der Waals surface area contributed by atoms with Crippen LogP contribution in [0.1, 0.15) is 23.2 Å². The van der Waals surface area contributed by atoms with Crippen molar-refractivity contribution < 1.29 is 9.53 Å². The van der Waals surface area contributed by atoms with Crippen LogP contribution in [0.25, 0.3) is 0 Å². The first-order chi connectivity index (χ1) is 8.29. The Kier molecular flexibility index (Phi) is 3.89. The van der Waals surface area contributed by atoms with Gasteiger partial charge < -0.3 is 15.5 Å². The Balaban J connectivity index is 1.98. The molecule has 6 nitrogen and oxygen atoms in total. The summed E-state index contributed by atoms with van der Waals surface area (Å²) in [5.74, 6) is 5.58. The molecule has 1 aromatic rings. The second-order valence-electron chi connectivity index (χ2n) is 3.96. The van der Waals surface area contributed by atoms with Gasteiger partial charge in [-0.25, -0.2) is 10.8 Å². The predicted octanol–water partition coefficient (Wildman–Crippen LogP) is 0.276. The molecule has 4 N–H and O–H groups in total. The zero-order valence-corrected chi connectivity index (χ0v) is 9.48. The van der Waals surface area contributed by atoms with Crippen molar-refractivity contribution in [3.05, 3.63) is 23.9 Å². The number of nitrogens with zero attached hydrogens (tertiary/aromatic N) is 1. The molecular weight excluding hydrogens is 220 g/mol. The third-order valence-corrected chi connectivity index (χ3v) is 2.67. The van der Waals surface area contributed by atoms with Gasteiger partial charge in [0.05, 0.1) is 12.6 Å². The van der Waals surface area contributed by atoms with E-state index in [-0.39, 0.29) is 11.9 Å². The number of hydrazine groups is 1. The summed E-state index contributed by atoms with van der Waals surface area (Å²) in [5.41, 5.74) is 2.95. The van der Waals surface area contributed by atoms with Crippen molar-refractivity contribution in [2.24, 2.45) is 5.84 Å².